The molecule has 2 aromatic rings. The summed E-state index contributed by atoms with van der Waals surface area (Å²) in [6, 6.07) is 14.8. The summed E-state index contributed by atoms with van der Waals surface area (Å²) in [5.74, 6) is 0.782. The van der Waals surface area contributed by atoms with E-state index < -0.39 is 0 Å². The van der Waals surface area contributed by atoms with Crippen molar-refractivity contribution in [3.05, 3.63) is 64.7 Å². The van der Waals surface area contributed by atoms with Crippen LogP contribution < -0.4 is 0 Å². The van der Waals surface area contributed by atoms with Gasteiger partial charge in [-0.2, -0.15) is 0 Å². The molecule has 0 saturated carbocycles. The summed E-state index contributed by atoms with van der Waals surface area (Å²) in [5, 5.41) is 10.4. The van der Waals surface area contributed by atoms with E-state index in [2.05, 4.69) is 18.7 Å². The van der Waals surface area contributed by atoms with Crippen LogP contribution in [0.15, 0.2) is 53.5 Å². The van der Waals surface area contributed by atoms with Gasteiger partial charge in [0.2, 0.25) is 0 Å². The van der Waals surface area contributed by atoms with Gasteiger partial charge in [-0.05, 0) is 56.4 Å². The molecule has 0 aliphatic rings. The first-order valence-electron chi connectivity index (χ1n) is 7.48. The Labute approximate surface area is 147 Å². The molecule has 23 heavy (non-hydrogen) atoms. The SMILES string of the molecule is CCN(CC)C(=Nc1ccc(Cl)cc1)c1ccccc1C(O)=S. The average Bonchev–Trinajstić information content (AvgIpc) is 2.56. The normalized spacial score (nSPS) is 11.3. The summed E-state index contributed by atoms with van der Waals surface area (Å²) in [6.07, 6.45) is 0. The molecule has 120 valence electrons. The Hall–Kier alpha value is -1.91. The number of amidine groups is 1. The summed E-state index contributed by atoms with van der Waals surface area (Å²) < 4.78 is 0. The zero-order valence-electron chi connectivity index (χ0n) is 13.2. The maximum Gasteiger partial charge on any atom is 0.189 e. The largest absolute Gasteiger partial charge is 0.499 e. The van der Waals surface area contributed by atoms with Gasteiger partial charge in [-0.1, -0.05) is 29.8 Å². The van der Waals surface area contributed by atoms with E-state index in [1.54, 1.807) is 6.07 Å². The summed E-state index contributed by atoms with van der Waals surface area (Å²) in [4.78, 5) is 6.90. The van der Waals surface area contributed by atoms with Crippen molar-refractivity contribution in [2.75, 3.05) is 13.1 Å². The summed E-state index contributed by atoms with van der Waals surface area (Å²) in [7, 11) is 0. The molecule has 2 rings (SSSR count). The number of halogens is 1. The van der Waals surface area contributed by atoms with Crippen molar-refractivity contribution >= 4 is 40.4 Å². The molecule has 0 bridgehead atoms. The highest BCUT2D eigenvalue weighted by molar-refractivity contribution is 7.80. The highest BCUT2D eigenvalue weighted by Crippen LogP contribution is 2.21. The van der Waals surface area contributed by atoms with Crippen molar-refractivity contribution in [1.29, 1.82) is 0 Å². The maximum atomic E-state index is 9.82. The molecule has 0 amide bonds. The highest BCUT2D eigenvalue weighted by atomic mass is 35.5. The third-order valence-corrected chi connectivity index (χ3v) is 3.99. The monoisotopic (exact) mass is 346 g/mol. The lowest BCUT2D eigenvalue weighted by molar-refractivity contribution is 0.466. The van der Waals surface area contributed by atoms with Crippen LogP contribution >= 0.6 is 23.8 Å². The third kappa shape index (κ3) is 4.30. The average molecular weight is 347 g/mol. The van der Waals surface area contributed by atoms with E-state index in [0.29, 0.717) is 10.6 Å². The number of benzene rings is 2. The first kappa shape index (κ1) is 17.4. The zero-order valence-corrected chi connectivity index (χ0v) is 14.7. The van der Waals surface area contributed by atoms with E-state index in [-0.39, 0.29) is 5.05 Å². The molecule has 0 atom stereocenters. The second-order valence-electron chi connectivity index (χ2n) is 4.93. The molecule has 2 aromatic carbocycles. The molecule has 1 N–H and O–H groups in total. The minimum atomic E-state index is -0.128. The van der Waals surface area contributed by atoms with Crippen LogP contribution in [-0.4, -0.2) is 34.0 Å². The maximum absolute atomic E-state index is 9.82. The van der Waals surface area contributed by atoms with Crippen molar-refractivity contribution in [2.45, 2.75) is 13.8 Å². The Kier molecular flexibility index (Phi) is 6.13. The van der Waals surface area contributed by atoms with E-state index >= 15 is 0 Å². The van der Waals surface area contributed by atoms with Gasteiger partial charge < -0.3 is 10.0 Å². The Morgan fingerprint density at radius 3 is 2.13 bits per heavy atom. The summed E-state index contributed by atoms with van der Waals surface area (Å²) >= 11 is 10.9. The number of nitrogens with zero attached hydrogens (tertiary/aromatic N) is 2. The fourth-order valence-electron chi connectivity index (χ4n) is 2.33. The number of hydrogen-bond donors (Lipinski definition) is 1. The lowest BCUT2D eigenvalue weighted by atomic mass is 10.1. The first-order valence-corrected chi connectivity index (χ1v) is 8.27. The van der Waals surface area contributed by atoms with Crippen LogP contribution in [0.1, 0.15) is 25.0 Å². The molecule has 0 saturated heterocycles. The van der Waals surface area contributed by atoms with Crippen LogP contribution in [0.5, 0.6) is 0 Å². The molecule has 0 fully saturated rings. The van der Waals surface area contributed by atoms with Gasteiger partial charge in [0.25, 0.3) is 0 Å². The van der Waals surface area contributed by atoms with Crippen molar-refractivity contribution in [3.8, 4) is 0 Å². The van der Waals surface area contributed by atoms with E-state index in [0.717, 1.165) is 30.2 Å². The van der Waals surface area contributed by atoms with Crippen LogP contribution in [0.25, 0.3) is 0 Å². The van der Waals surface area contributed by atoms with E-state index in [1.807, 2.05) is 42.5 Å². The summed E-state index contributed by atoms with van der Waals surface area (Å²) in [6.45, 7) is 5.74. The predicted octanol–water partition coefficient (Wildman–Crippen LogP) is 4.99. The zero-order chi connectivity index (χ0) is 16.8. The second kappa shape index (κ2) is 8.09. The lowest BCUT2D eigenvalue weighted by Gasteiger charge is -2.24. The number of rotatable bonds is 5. The minimum Gasteiger partial charge on any atom is -0.499 e. The summed E-state index contributed by atoms with van der Waals surface area (Å²) in [5.41, 5.74) is 2.23. The Bertz CT molecular complexity index is 709. The second-order valence-corrected chi connectivity index (χ2v) is 5.76. The molecular formula is C18H19ClN2OS. The number of aliphatic hydroxyl groups excluding tert-OH is 1. The van der Waals surface area contributed by atoms with Crippen molar-refractivity contribution < 1.29 is 5.11 Å². The topological polar surface area (TPSA) is 35.8 Å². The molecule has 0 heterocycles. The Balaban J connectivity index is 2.59. The lowest BCUT2D eigenvalue weighted by Crippen LogP contribution is -2.32. The predicted molar refractivity (Wildman–Crippen MR) is 101 cm³/mol. The molecule has 5 heteroatoms. The van der Waals surface area contributed by atoms with Gasteiger partial charge in [-0.3, -0.25) is 0 Å². The van der Waals surface area contributed by atoms with Crippen LogP contribution in [0.4, 0.5) is 5.69 Å². The highest BCUT2D eigenvalue weighted by Gasteiger charge is 2.16. The standard InChI is InChI=1S/C18H19ClN2OS/c1-3-21(4-2)17(20-14-11-9-13(19)10-12-14)15-7-5-6-8-16(15)18(22)23/h5-12H,3-4H2,1-2H3,(H,22,23). The molecular weight excluding hydrogens is 328 g/mol. The Morgan fingerprint density at radius 1 is 1.04 bits per heavy atom. The van der Waals surface area contributed by atoms with E-state index in [9.17, 15) is 5.11 Å². The van der Waals surface area contributed by atoms with Gasteiger partial charge in [-0.15, -0.1) is 0 Å². The molecule has 0 aliphatic carbocycles. The van der Waals surface area contributed by atoms with Crippen LogP contribution in [0, 0.1) is 0 Å². The number of aliphatic hydroxyl groups is 1. The van der Waals surface area contributed by atoms with Crippen LogP contribution in [0.3, 0.4) is 0 Å². The molecule has 0 aromatic heterocycles. The number of hydrogen-bond acceptors (Lipinski definition) is 2. The molecule has 0 aliphatic heterocycles. The van der Waals surface area contributed by atoms with Gasteiger partial charge in [-0.25, -0.2) is 4.99 Å². The van der Waals surface area contributed by atoms with E-state index in [4.69, 9.17) is 28.8 Å². The fourth-order valence-corrected chi connectivity index (χ4v) is 2.63. The van der Waals surface area contributed by atoms with Gasteiger partial charge >= 0.3 is 0 Å². The minimum absolute atomic E-state index is 0.128. The van der Waals surface area contributed by atoms with Crippen LogP contribution in [-0.2, 0) is 0 Å². The third-order valence-electron chi connectivity index (χ3n) is 3.52. The molecule has 0 radical (unpaired) electrons. The molecule has 0 unspecified atom stereocenters. The van der Waals surface area contributed by atoms with Gasteiger partial charge in [0, 0.05) is 29.2 Å². The number of aliphatic imine (C=N–C) groups is 1. The first-order chi connectivity index (χ1) is 11.1. The smallest absolute Gasteiger partial charge is 0.189 e. The van der Waals surface area contributed by atoms with Gasteiger partial charge in [0.1, 0.15) is 5.84 Å². The quantitative estimate of drug-likeness (QED) is 0.470. The number of thiocarbonyl (C=S) groups is 1. The fraction of sp³-hybridized carbons (Fsp3) is 0.222. The molecule has 0 spiro atoms. The van der Waals surface area contributed by atoms with Crippen molar-refractivity contribution in [3.63, 3.8) is 0 Å². The van der Waals surface area contributed by atoms with Gasteiger partial charge in [0.15, 0.2) is 5.05 Å². The molecule has 3 nitrogen and oxygen atoms in total. The van der Waals surface area contributed by atoms with E-state index in [1.165, 1.54) is 0 Å². The van der Waals surface area contributed by atoms with Crippen molar-refractivity contribution in [1.82, 2.24) is 4.90 Å². The van der Waals surface area contributed by atoms with Crippen LogP contribution in [0.2, 0.25) is 5.02 Å². The van der Waals surface area contributed by atoms with Gasteiger partial charge in [0.05, 0.1) is 5.69 Å². The Morgan fingerprint density at radius 2 is 1.61 bits per heavy atom. The van der Waals surface area contributed by atoms with Crippen molar-refractivity contribution in [2.24, 2.45) is 4.99 Å².